The third-order valence-electron chi connectivity index (χ3n) is 5.15. The monoisotopic (exact) mass is 693 g/mol. The Bertz CT molecular complexity index is 271. The predicted molar refractivity (Wildman–Crippen MR) is 202 cm³/mol. The third-order valence-corrected chi connectivity index (χ3v) is 5.15. The van der Waals surface area contributed by atoms with Crippen molar-refractivity contribution in [1.29, 1.82) is 0 Å². The normalized spacial score (nSPS) is 9.00. The van der Waals surface area contributed by atoms with Gasteiger partial charge in [-0.05, 0) is 0 Å². The Morgan fingerprint density at radius 3 is 0.348 bits per heavy atom. The number of hydrogen-bond donors (Lipinski definition) is 0. The second-order valence-electron chi connectivity index (χ2n) is 10.4. The second kappa shape index (κ2) is 79.7. The molecule has 0 rings (SSSR count). The van der Waals surface area contributed by atoms with Gasteiger partial charge in [0.1, 0.15) is 0 Å². The summed E-state index contributed by atoms with van der Waals surface area (Å²) >= 11 is 0. The molecule has 0 atom stereocenters. The van der Waals surface area contributed by atoms with Crippen molar-refractivity contribution in [1.82, 2.24) is 0 Å². The van der Waals surface area contributed by atoms with Gasteiger partial charge in [-0.2, -0.15) is 22.0 Å². The van der Waals surface area contributed by atoms with Crippen LogP contribution in [0, 0.1) is 0 Å². The number of alkyl halides is 7. The molecule has 0 nitrogen and oxygen atoms in total. The fourth-order valence-corrected chi connectivity index (χ4v) is 0.124. The molecule has 0 saturated carbocycles. The van der Waals surface area contributed by atoms with Crippen LogP contribution < -0.4 is 0 Å². The lowest BCUT2D eigenvalue weighted by molar-refractivity contribution is -0.320. The largest absolute Gasteiger partial charge is 0.459 e. The minimum Gasteiger partial charge on any atom is -0.203 e. The van der Waals surface area contributed by atoms with E-state index >= 15 is 0 Å². The quantitative estimate of drug-likeness (QED) is 0.200. The lowest BCUT2D eigenvalue weighted by atomic mass is 10.3. The molecule has 0 aliphatic rings. The van der Waals surface area contributed by atoms with Crippen molar-refractivity contribution in [2.45, 2.75) is 259 Å². The Morgan fingerprint density at radius 1 is 0.261 bits per heavy atom. The molecule has 0 amide bonds. The minimum atomic E-state index is -6.17. The van der Waals surface area contributed by atoms with E-state index in [0.717, 1.165) is 0 Å². The van der Waals surface area contributed by atoms with E-state index in [2.05, 4.69) is 125 Å². The van der Waals surface area contributed by atoms with Gasteiger partial charge >= 0.3 is 18.5 Å². The zero-order chi connectivity index (χ0) is 39.3. The number of unbranched alkanes of at least 4 members (excludes halogenated alkanes) is 9. The average Bonchev–Trinajstić information content (AvgIpc) is 3.08. The number of rotatable bonds is 10. The molecule has 0 aromatic rings. The fourth-order valence-electron chi connectivity index (χ4n) is 0.124. The molecule has 0 unspecified atom stereocenters. The van der Waals surface area contributed by atoms with E-state index < -0.39 is 18.5 Å². The highest BCUT2D eigenvalue weighted by Gasteiger charge is 2.64. The predicted octanol–water partition coefficient (Wildman–Crippen LogP) is 18.7. The minimum absolute atomic E-state index is 1.32. The smallest absolute Gasteiger partial charge is 0.203 e. The molecule has 296 valence electrons. The summed E-state index contributed by atoms with van der Waals surface area (Å²) in [5.41, 5.74) is 0. The zero-order valence-corrected chi connectivity index (χ0v) is 35.0. The first-order valence-corrected chi connectivity index (χ1v) is 19.1. The molecule has 0 spiro atoms. The van der Waals surface area contributed by atoms with Crippen LogP contribution in [0.3, 0.4) is 0 Å². The molecule has 0 fully saturated rings. The van der Waals surface area contributed by atoms with E-state index in [-0.39, 0.29) is 0 Å². The standard InChI is InChI=1S/9C4H10.C3HF7/c9*1-3-4-2;4-1(5)2(6,7)3(8,9)10/h9*3-4H2,1-2H3;1H. The van der Waals surface area contributed by atoms with Gasteiger partial charge in [0.2, 0.25) is 0 Å². The summed E-state index contributed by atoms with van der Waals surface area (Å²) in [6, 6.07) is 0. The zero-order valence-electron chi connectivity index (χ0n) is 35.0. The summed E-state index contributed by atoms with van der Waals surface area (Å²) in [5, 5.41) is 0. The summed E-state index contributed by atoms with van der Waals surface area (Å²) in [6.07, 6.45) is 12.9. The van der Waals surface area contributed by atoms with Gasteiger partial charge in [0, 0.05) is 0 Å². The van der Waals surface area contributed by atoms with Gasteiger partial charge in [0.25, 0.3) is 0 Å². The van der Waals surface area contributed by atoms with Crippen LogP contribution in [0.4, 0.5) is 30.7 Å². The Labute approximate surface area is 289 Å². The molecule has 0 aromatic carbocycles. The summed E-state index contributed by atoms with van der Waals surface area (Å²) in [4.78, 5) is 0. The van der Waals surface area contributed by atoms with Gasteiger partial charge in [0.05, 0.1) is 0 Å². The first-order chi connectivity index (χ1) is 21.4. The van der Waals surface area contributed by atoms with Crippen molar-refractivity contribution in [3.05, 3.63) is 0 Å². The van der Waals surface area contributed by atoms with E-state index in [1.807, 2.05) is 0 Å². The molecule has 46 heavy (non-hydrogen) atoms. The van der Waals surface area contributed by atoms with Crippen molar-refractivity contribution in [2.24, 2.45) is 0 Å². The molecule has 0 N–H and O–H groups in total. The van der Waals surface area contributed by atoms with Crippen LogP contribution >= 0.6 is 0 Å². The lowest BCUT2D eigenvalue weighted by Crippen LogP contribution is -2.42. The van der Waals surface area contributed by atoms with Crippen molar-refractivity contribution in [2.75, 3.05) is 0 Å². The fraction of sp³-hybridized carbons (Fsp3) is 1.00. The highest BCUT2D eigenvalue weighted by atomic mass is 19.4. The maximum atomic E-state index is 11.2. The second-order valence-corrected chi connectivity index (χ2v) is 10.4. The lowest BCUT2D eigenvalue weighted by Gasteiger charge is -2.17. The van der Waals surface area contributed by atoms with Gasteiger partial charge < -0.3 is 0 Å². The maximum absolute atomic E-state index is 11.2. The van der Waals surface area contributed by atoms with Crippen molar-refractivity contribution in [3.8, 4) is 0 Å². The van der Waals surface area contributed by atoms with Crippen LogP contribution in [-0.4, -0.2) is 18.5 Å². The highest BCUT2D eigenvalue weighted by molar-refractivity contribution is 4.77. The van der Waals surface area contributed by atoms with Crippen LogP contribution in [0.5, 0.6) is 0 Å². The Morgan fingerprint density at radius 2 is 0.348 bits per heavy atom. The van der Waals surface area contributed by atoms with E-state index in [4.69, 9.17) is 0 Å². The SMILES string of the molecule is CCCC.CCCC.CCCC.CCCC.CCCC.CCCC.CCCC.CCCC.CCCC.FC(F)C(F)(F)C(F)(F)F. The first-order valence-electron chi connectivity index (χ1n) is 19.1. The molecular weight excluding hydrogens is 601 g/mol. The van der Waals surface area contributed by atoms with Gasteiger partial charge in [-0.3, -0.25) is 0 Å². The van der Waals surface area contributed by atoms with E-state index in [0.29, 0.717) is 0 Å². The van der Waals surface area contributed by atoms with Gasteiger partial charge in [0.15, 0.2) is 0 Å². The van der Waals surface area contributed by atoms with Crippen LogP contribution in [0.2, 0.25) is 0 Å². The molecular formula is C39H91F7. The summed E-state index contributed by atoms with van der Waals surface area (Å²) in [7, 11) is 0. The van der Waals surface area contributed by atoms with Crippen molar-refractivity contribution < 1.29 is 30.7 Å². The summed E-state index contributed by atoms with van der Waals surface area (Å²) in [6.45, 7) is 39.3. The van der Waals surface area contributed by atoms with E-state index in [1.54, 1.807) is 0 Å². The molecule has 7 heteroatoms. The molecule has 0 saturated heterocycles. The Kier molecular flexibility index (Phi) is 124. The topological polar surface area (TPSA) is 0 Å². The van der Waals surface area contributed by atoms with Crippen LogP contribution in [0.25, 0.3) is 0 Å². The molecule has 0 bridgehead atoms. The van der Waals surface area contributed by atoms with Gasteiger partial charge in [-0.15, -0.1) is 0 Å². The van der Waals surface area contributed by atoms with Gasteiger partial charge in [-0.25, -0.2) is 8.78 Å². The maximum Gasteiger partial charge on any atom is 0.459 e. The Hall–Kier alpha value is -0.490. The third kappa shape index (κ3) is 142. The summed E-state index contributed by atoms with van der Waals surface area (Å²) in [5.74, 6) is -5.90. The van der Waals surface area contributed by atoms with E-state index in [9.17, 15) is 30.7 Å². The molecule has 0 aliphatic carbocycles. The first kappa shape index (κ1) is 71.5. The number of halogens is 7. The van der Waals surface area contributed by atoms with Crippen LogP contribution in [0.1, 0.15) is 240 Å². The molecule has 0 aliphatic heterocycles. The molecule has 0 aromatic heterocycles. The average molecular weight is 693 g/mol. The van der Waals surface area contributed by atoms with Crippen LogP contribution in [0.15, 0.2) is 0 Å². The van der Waals surface area contributed by atoms with Crippen molar-refractivity contribution in [3.63, 3.8) is 0 Å². The van der Waals surface area contributed by atoms with E-state index in [1.165, 1.54) is 116 Å². The van der Waals surface area contributed by atoms with Crippen molar-refractivity contribution >= 4 is 0 Å². The van der Waals surface area contributed by atoms with Gasteiger partial charge in [-0.1, -0.05) is 240 Å². The van der Waals surface area contributed by atoms with Crippen LogP contribution in [-0.2, 0) is 0 Å². The molecule has 0 radical (unpaired) electrons. The summed E-state index contributed by atoms with van der Waals surface area (Å²) < 4.78 is 76.6. The molecule has 0 heterocycles. The highest BCUT2D eigenvalue weighted by Crippen LogP contribution is 2.39. The number of hydrogen-bond acceptors (Lipinski definition) is 0. The Balaban J connectivity index is -0.0000000402.